The summed E-state index contributed by atoms with van der Waals surface area (Å²) in [5.41, 5.74) is 2.53. The third-order valence-corrected chi connectivity index (χ3v) is 4.62. The molecule has 2 fully saturated rings. The van der Waals surface area contributed by atoms with Crippen LogP contribution in [0, 0.1) is 5.92 Å². The Balaban J connectivity index is 1.41. The van der Waals surface area contributed by atoms with Crippen LogP contribution in [0.5, 0.6) is 0 Å². The lowest BCUT2D eigenvalue weighted by Crippen LogP contribution is -2.25. The maximum absolute atomic E-state index is 11.9. The normalized spacial score (nSPS) is 22.1. The van der Waals surface area contributed by atoms with Crippen molar-refractivity contribution in [2.24, 2.45) is 5.92 Å². The smallest absolute Gasteiger partial charge is 0.220 e. The van der Waals surface area contributed by atoms with Crippen LogP contribution in [-0.4, -0.2) is 37.1 Å². The third-order valence-electron chi connectivity index (χ3n) is 4.62. The minimum absolute atomic E-state index is 0.136. The van der Waals surface area contributed by atoms with Crippen LogP contribution < -0.4 is 5.32 Å². The highest BCUT2D eigenvalue weighted by Crippen LogP contribution is 2.16. The van der Waals surface area contributed by atoms with E-state index in [0.29, 0.717) is 18.9 Å². The topological polar surface area (TPSA) is 41.6 Å². The monoisotopic (exact) mass is 302 g/mol. The fourth-order valence-corrected chi connectivity index (χ4v) is 3.24. The molecule has 2 aliphatic rings. The summed E-state index contributed by atoms with van der Waals surface area (Å²) >= 11 is 0. The third kappa shape index (κ3) is 4.55. The number of amides is 1. The molecule has 0 aromatic heterocycles. The molecule has 0 radical (unpaired) electrons. The highest BCUT2D eigenvalue weighted by atomic mass is 16.5. The largest absolute Gasteiger partial charge is 0.381 e. The SMILES string of the molecule is O=C(CC1CCOC1)NCc1ccc(CN2CCCC2)cc1. The standard InChI is InChI=1S/C18H26N2O2/c21-18(11-17-7-10-22-14-17)19-12-15-3-5-16(6-4-15)13-20-8-1-2-9-20/h3-6,17H,1-2,7-14H2,(H,19,21). The van der Waals surface area contributed by atoms with E-state index < -0.39 is 0 Å². The van der Waals surface area contributed by atoms with Gasteiger partial charge in [0.25, 0.3) is 0 Å². The van der Waals surface area contributed by atoms with E-state index in [-0.39, 0.29) is 5.91 Å². The van der Waals surface area contributed by atoms with Crippen LogP contribution in [0.1, 0.15) is 36.8 Å². The molecule has 1 aromatic rings. The predicted molar refractivity (Wildman–Crippen MR) is 86.3 cm³/mol. The quantitative estimate of drug-likeness (QED) is 0.877. The first kappa shape index (κ1) is 15.5. The minimum Gasteiger partial charge on any atom is -0.381 e. The number of likely N-dealkylation sites (tertiary alicyclic amines) is 1. The van der Waals surface area contributed by atoms with Gasteiger partial charge in [-0.3, -0.25) is 9.69 Å². The fraction of sp³-hybridized carbons (Fsp3) is 0.611. The number of nitrogens with zero attached hydrogens (tertiary/aromatic N) is 1. The predicted octanol–water partition coefficient (Wildman–Crippen LogP) is 2.33. The minimum atomic E-state index is 0.136. The molecule has 2 saturated heterocycles. The molecule has 2 heterocycles. The molecule has 1 aromatic carbocycles. The van der Waals surface area contributed by atoms with E-state index in [2.05, 4.69) is 34.5 Å². The van der Waals surface area contributed by atoms with E-state index in [1.165, 1.54) is 37.1 Å². The van der Waals surface area contributed by atoms with Crippen LogP contribution >= 0.6 is 0 Å². The molecule has 22 heavy (non-hydrogen) atoms. The Morgan fingerprint density at radius 3 is 2.59 bits per heavy atom. The lowest BCUT2D eigenvalue weighted by molar-refractivity contribution is -0.122. The van der Waals surface area contributed by atoms with Gasteiger partial charge in [-0.05, 0) is 49.4 Å². The molecule has 0 spiro atoms. The average molecular weight is 302 g/mol. The Hall–Kier alpha value is -1.39. The second-order valence-corrected chi connectivity index (χ2v) is 6.51. The fourth-order valence-electron chi connectivity index (χ4n) is 3.24. The number of benzene rings is 1. The van der Waals surface area contributed by atoms with Gasteiger partial charge in [-0.25, -0.2) is 0 Å². The van der Waals surface area contributed by atoms with Crippen LogP contribution in [0.3, 0.4) is 0 Å². The molecule has 1 atom stereocenters. The molecular weight excluding hydrogens is 276 g/mol. The Bertz CT molecular complexity index is 474. The van der Waals surface area contributed by atoms with Gasteiger partial charge in [-0.2, -0.15) is 0 Å². The van der Waals surface area contributed by atoms with Crippen molar-refractivity contribution < 1.29 is 9.53 Å². The molecule has 0 aliphatic carbocycles. The van der Waals surface area contributed by atoms with Crippen molar-refractivity contribution in [2.45, 2.75) is 38.8 Å². The van der Waals surface area contributed by atoms with Gasteiger partial charge in [0.05, 0.1) is 0 Å². The van der Waals surface area contributed by atoms with Crippen LogP contribution in [0.25, 0.3) is 0 Å². The second kappa shape index (κ2) is 7.75. The number of hydrogen-bond acceptors (Lipinski definition) is 3. The Labute approximate surface area is 132 Å². The van der Waals surface area contributed by atoms with Crippen molar-refractivity contribution in [1.82, 2.24) is 10.2 Å². The molecule has 120 valence electrons. The van der Waals surface area contributed by atoms with Gasteiger partial charge >= 0.3 is 0 Å². The average Bonchev–Trinajstić information content (AvgIpc) is 3.20. The Morgan fingerprint density at radius 2 is 1.91 bits per heavy atom. The van der Waals surface area contributed by atoms with Gasteiger partial charge in [0.1, 0.15) is 0 Å². The number of hydrogen-bond donors (Lipinski definition) is 1. The first-order chi connectivity index (χ1) is 10.8. The van der Waals surface area contributed by atoms with Gasteiger partial charge in [-0.1, -0.05) is 24.3 Å². The van der Waals surface area contributed by atoms with E-state index in [1.54, 1.807) is 0 Å². The van der Waals surface area contributed by atoms with E-state index in [1.807, 2.05) is 0 Å². The number of carbonyl (C=O) groups excluding carboxylic acids is 1. The maximum atomic E-state index is 11.9. The first-order valence-electron chi connectivity index (χ1n) is 8.44. The van der Waals surface area contributed by atoms with Crippen LogP contribution in [0.4, 0.5) is 0 Å². The number of rotatable bonds is 6. The van der Waals surface area contributed by atoms with E-state index in [4.69, 9.17) is 4.74 Å². The summed E-state index contributed by atoms with van der Waals surface area (Å²) in [7, 11) is 0. The van der Waals surface area contributed by atoms with Crippen molar-refractivity contribution in [2.75, 3.05) is 26.3 Å². The molecular formula is C18H26N2O2. The summed E-state index contributed by atoms with van der Waals surface area (Å²) in [6.07, 6.45) is 4.26. The summed E-state index contributed by atoms with van der Waals surface area (Å²) in [5, 5.41) is 3.01. The lowest BCUT2D eigenvalue weighted by Gasteiger charge is -2.15. The summed E-state index contributed by atoms with van der Waals surface area (Å²) in [4.78, 5) is 14.4. The van der Waals surface area contributed by atoms with Gasteiger partial charge in [0.2, 0.25) is 5.91 Å². The lowest BCUT2D eigenvalue weighted by atomic mass is 10.0. The molecule has 2 aliphatic heterocycles. The zero-order valence-corrected chi connectivity index (χ0v) is 13.2. The van der Waals surface area contributed by atoms with Crippen molar-refractivity contribution in [3.05, 3.63) is 35.4 Å². The zero-order chi connectivity index (χ0) is 15.2. The van der Waals surface area contributed by atoms with E-state index >= 15 is 0 Å². The molecule has 0 saturated carbocycles. The van der Waals surface area contributed by atoms with Gasteiger partial charge in [0, 0.05) is 32.7 Å². The summed E-state index contributed by atoms with van der Waals surface area (Å²) in [6.45, 7) is 5.66. The van der Waals surface area contributed by atoms with Crippen molar-refractivity contribution in [3.8, 4) is 0 Å². The van der Waals surface area contributed by atoms with Gasteiger partial charge < -0.3 is 10.1 Å². The molecule has 4 nitrogen and oxygen atoms in total. The zero-order valence-electron chi connectivity index (χ0n) is 13.2. The molecule has 3 rings (SSSR count). The van der Waals surface area contributed by atoms with Gasteiger partial charge in [0.15, 0.2) is 0 Å². The highest BCUT2D eigenvalue weighted by Gasteiger charge is 2.18. The van der Waals surface area contributed by atoms with E-state index in [0.717, 1.165) is 26.2 Å². The number of nitrogens with one attached hydrogen (secondary N) is 1. The van der Waals surface area contributed by atoms with Crippen LogP contribution in [0.2, 0.25) is 0 Å². The molecule has 4 heteroatoms. The van der Waals surface area contributed by atoms with Crippen LogP contribution in [0.15, 0.2) is 24.3 Å². The first-order valence-corrected chi connectivity index (χ1v) is 8.44. The van der Waals surface area contributed by atoms with Gasteiger partial charge in [-0.15, -0.1) is 0 Å². The van der Waals surface area contributed by atoms with Crippen molar-refractivity contribution >= 4 is 5.91 Å². The maximum Gasteiger partial charge on any atom is 0.220 e. The van der Waals surface area contributed by atoms with Crippen molar-refractivity contribution in [3.63, 3.8) is 0 Å². The second-order valence-electron chi connectivity index (χ2n) is 6.51. The molecule has 1 N–H and O–H groups in total. The van der Waals surface area contributed by atoms with E-state index in [9.17, 15) is 4.79 Å². The van der Waals surface area contributed by atoms with Crippen LogP contribution in [-0.2, 0) is 22.6 Å². The Morgan fingerprint density at radius 1 is 1.18 bits per heavy atom. The molecule has 0 bridgehead atoms. The summed E-state index contributed by atoms with van der Waals surface area (Å²) in [5.74, 6) is 0.541. The summed E-state index contributed by atoms with van der Waals surface area (Å²) in [6, 6.07) is 8.63. The summed E-state index contributed by atoms with van der Waals surface area (Å²) < 4.78 is 5.30. The molecule has 1 unspecified atom stereocenters. The Kier molecular flexibility index (Phi) is 5.46. The number of ether oxygens (including phenoxy) is 1. The molecule has 1 amide bonds. The highest BCUT2D eigenvalue weighted by molar-refractivity contribution is 5.76. The number of carbonyl (C=O) groups is 1. The van der Waals surface area contributed by atoms with Crippen molar-refractivity contribution in [1.29, 1.82) is 0 Å².